The monoisotopic (exact) mass is 310 g/mol. The van der Waals surface area contributed by atoms with E-state index in [4.69, 9.17) is 4.74 Å². The van der Waals surface area contributed by atoms with E-state index in [0.29, 0.717) is 11.4 Å². The predicted molar refractivity (Wildman–Crippen MR) is 71.6 cm³/mol. The summed E-state index contributed by atoms with van der Waals surface area (Å²) in [6, 6.07) is 10.6. The number of amides is 1. The van der Waals surface area contributed by atoms with Gasteiger partial charge >= 0.3 is 6.09 Å². The van der Waals surface area contributed by atoms with Crippen LogP contribution in [0.15, 0.2) is 53.3 Å². The van der Waals surface area contributed by atoms with E-state index in [1.165, 1.54) is 0 Å². The highest BCUT2D eigenvalue weighted by molar-refractivity contribution is 9.10. The van der Waals surface area contributed by atoms with Crippen molar-refractivity contribution in [3.05, 3.63) is 53.3 Å². The van der Waals surface area contributed by atoms with E-state index in [9.17, 15) is 4.79 Å². The van der Waals surface area contributed by atoms with Crippen LogP contribution in [0.3, 0.4) is 0 Å². The number of carbonyl (C=O) groups is 1. The molecule has 0 aliphatic heterocycles. The van der Waals surface area contributed by atoms with Crippen molar-refractivity contribution in [1.29, 1.82) is 0 Å². The summed E-state index contributed by atoms with van der Waals surface area (Å²) in [7, 11) is 0. The van der Waals surface area contributed by atoms with Crippen LogP contribution in [-0.2, 0) is 0 Å². The first-order valence-electron chi connectivity index (χ1n) is 4.89. The molecular formula is C12H11BrN2O3. The van der Waals surface area contributed by atoms with Gasteiger partial charge in [0.2, 0.25) is 0 Å². The van der Waals surface area contributed by atoms with E-state index in [-0.39, 0.29) is 5.48 Å². The highest BCUT2D eigenvalue weighted by Gasteiger charge is 2.07. The third-order valence-electron chi connectivity index (χ3n) is 1.95. The fraction of sp³-hybridized carbons (Fsp3) is 0. The number of rotatable bonds is 2. The lowest BCUT2D eigenvalue weighted by Crippen LogP contribution is -2.16. The van der Waals surface area contributed by atoms with Gasteiger partial charge in [-0.3, -0.25) is 10.3 Å². The van der Waals surface area contributed by atoms with E-state index in [0.717, 1.165) is 4.47 Å². The van der Waals surface area contributed by atoms with Gasteiger partial charge < -0.3 is 10.2 Å². The highest BCUT2D eigenvalue weighted by Crippen LogP contribution is 2.24. The number of nitrogens with one attached hydrogen (secondary N) is 1. The van der Waals surface area contributed by atoms with Gasteiger partial charge in [-0.15, -0.1) is 0 Å². The minimum Gasteiger partial charge on any atom is -0.412 e. The molecule has 3 N–H and O–H groups in total. The second kappa shape index (κ2) is 6.73. The third-order valence-corrected chi connectivity index (χ3v) is 2.60. The summed E-state index contributed by atoms with van der Waals surface area (Å²) in [6.45, 7) is 0. The Morgan fingerprint density at radius 3 is 2.67 bits per heavy atom. The molecule has 0 saturated heterocycles. The highest BCUT2D eigenvalue weighted by atomic mass is 79.9. The van der Waals surface area contributed by atoms with Crippen LogP contribution in [0.25, 0.3) is 0 Å². The van der Waals surface area contributed by atoms with Crippen molar-refractivity contribution in [2.75, 3.05) is 5.32 Å². The molecule has 0 bridgehead atoms. The first kappa shape index (κ1) is 14.1. The van der Waals surface area contributed by atoms with Crippen LogP contribution in [0.5, 0.6) is 5.75 Å². The van der Waals surface area contributed by atoms with E-state index < -0.39 is 6.09 Å². The number of pyridine rings is 1. The molecule has 0 atom stereocenters. The number of benzene rings is 1. The molecule has 2 rings (SSSR count). The van der Waals surface area contributed by atoms with Crippen molar-refractivity contribution < 1.29 is 15.0 Å². The molecule has 0 aliphatic rings. The number of ether oxygens (including phenoxy) is 1. The maximum Gasteiger partial charge on any atom is 0.417 e. The number of hydrogen-bond acceptors (Lipinski definition) is 3. The van der Waals surface area contributed by atoms with Crippen LogP contribution in [-0.4, -0.2) is 16.6 Å². The summed E-state index contributed by atoms with van der Waals surface area (Å²) in [5.41, 5.74) is 0.588. The first-order chi connectivity index (χ1) is 8.25. The predicted octanol–water partition coefficient (Wildman–Crippen LogP) is 2.63. The van der Waals surface area contributed by atoms with Crippen molar-refractivity contribution >= 4 is 27.7 Å². The molecule has 0 fully saturated rings. The van der Waals surface area contributed by atoms with Crippen LogP contribution in [0.2, 0.25) is 0 Å². The molecule has 0 saturated carbocycles. The first-order valence-corrected chi connectivity index (χ1v) is 5.68. The Morgan fingerprint density at radius 2 is 2.00 bits per heavy atom. The number of para-hydroxylation sites is 1. The summed E-state index contributed by atoms with van der Waals surface area (Å²) in [5.74, 6) is 0.467. The smallest absolute Gasteiger partial charge is 0.412 e. The summed E-state index contributed by atoms with van der Waals surface area (Å²) in [5, 5.41) is 2.57. The molecule has 0 radical (unpaired) electrons. The van der Waals surface area contributed by atoms with Gasteiger partial charge in [0.05, 0.1) is 16.4 Å². The Hall–Kier alpha value is -1.92. The van der Waals surface area contributed by atoms with Gasteiger partial charge in [-0.1, -0.05) is 12.1 Å². The standard InChI is InChI=1S/C12H9BrN2O2.H2O/c13-10-5-1-2-6-11(10)17-12(16)15-9-4-3-7-14-8-9;/h1-8H,(H,15,16);1H2. The van der Waals surface area contributed by atoms with E-state index in [1.807, 2.05) is 6.07 Å². The molecule has 0 aliphatic carbocycles. The fourth-order valence-electron chi connectivity index (χ4n) is 1.21. The molecule has 1 amide bonds. The van der Waals surface area contributed by atoms with Crippen LogP contribution in [0.1, 0.15) is 0 Å². The zero-order valence-corrected chi connectivity index (χ0v) is 10.8. The van der Waals surface area contributed by atoms with Crippen molar-refractivity contribution in [3.8, 4) is 5.75 Å². The molecule has 5 nitrogen and oxygen atoms in total. The molecule has 1 heterocycles. The molecule has 6 heteroatoms. The normalized spacial score (nSPS) is 9.17. The Labute approximate surface area is 112 Å². The minimum absolute atomic E-state index is 0. The van der Waals surface area contributed by atoms with Crippen LogP contribution >= 0.6 is 15.9 Å². The zero-order chi connectivity index (χ0) is 12.1. The Balaban J connectivity index is 0.00000162. The molecule has 1 aromatic carbocycles. The van der Waals surface area contributed by atoms with Gasteiger partial charge in [0.15, 0.2) is 0 Å². The number of hydrogen-bond donors (Lipinski definition) is 1. The molecule has 0 unspecified atom stereocenters. The van der Waals surface area contributed by atoms with E-state index in [2.05, 4.69) is 26.2 Å². The van der Waals surface area contributed by atoms with E-state index >= 15 is 0 Å². The van der Waals surface area contributed by atoms with E-state index in [1.54, 1.807) is 42.7 Å². The van der Waals surface area contributed by atoms with Crippen molar-refractivity contribution in [2.45, 2.75) is 0 Å². The Kier molecular flexibility index (Phi) is 5.29. The van der Waals surface area contributed by atoms with Crippen molar-refractivity contribution in [3.63, 3.8) is 0 Å². The lowest BCUT2D eigenvalue weighted by molar-refractivity contribution is 0.215. The van der Waals surface area contributed by atoms with Gasteiger partial charge in [-0.2, -0.15) is 0 Å². The number of halogens is 1. The SMILES string of the molecule is O.O=C(Nc1cccnc1)Oc1ccccc1Br. The average molecular weight is 311 g/mol. The lowest BCUT2D eigenvalue weighted by Gasteiger charge is -2.07. The van der Waals surface area contributed by atoms with Gasteiger partial charge in [0.25, 0.3) is 0 Å². The second-order valence-corrected chi connectivity index (χ2v) is 4.04. The van der Waals surface area contributed by atoms with Crippen LogP contribution in [0.4, 0.5) is 10.5 Å². The maximum atomic E-state index is 11.6. The Bertz CT molecular complexity index is 520. The molecule has 1 aromatic heterocycles. The van der Waals surface area contributed by atoms with Crippen LogP contribution < -0.4 is 10.1 Å². The zero-order valence-electron chi connectivity index (χ0n) is 9.26. The third kappa shape index (κ3) is 3.83. The van der Waals surface area contributed by atoms with Crippen molar-refractivity contribution in [1.82, 2.24) is 4.98 Å². The largest absolute Gasteiger partial charge is 0.417 e. The van der Waals surface area contributed by atoms with Gasteiger partial charge in [-0.25, -0.2) is 4.79 Å². The maximum absolute atomic E-state index is 11.6. The topological polar surface area (TPSA) is 82.7 Å². The second-order valence-electron chi connectivity index (χ2n) is 3.19. The number of carbonyl (C=O) groups excluding carboxylic acids is 1. The molecule has 94 valence electrons. The Morgan fingerprint density at radius 1 is 1.22 bits per heavy atom. The van der Waals surface area contributed by atoms with Crippen LogP contribution in [0, 0.1) is 0 Å². The average Bonchev–Trinajstić information content (AvgIpc) is 2.33. The fourth-order valence-corrected chi connectivity index (χ4v) is 1.57. The van der Waals surface area contributed by atoms with Gasteiger partial charge in [0.1, 0.15) is 5.75 Å². The molecule has 18 heavy (non-hydrogen) atoms. The van der Waals surface area contributed by atoms with Crippen molar-refractivity contribution in [2.24, 2.45) is 0 Å². The number of anilines is 1. The summed E-state index contributed by atoms with van der Waals surface area (Å²) >= 11 is 3.29. The minimum atomic E-state index is -0.551. The van der Waals surface area contributed by atoms with Gasteiger partial charge in [0, 0.05) is 6.20 Å². The molecule has 2 aromatic rings. The number of nitrogens with zero attached hydrogens (tertiary/aromatic N) is 1. The lowest BCUT2D eigenvalue weighted by atomic mass is 10.3. The number of aromatic nitrogens is 1. The summed E-state index contributed by atoms with van der Waals surface area (Å²) < 4.78 is 5.85. The quantitative estimate of drug-likeness (QED) is 0.925. The summed E-state index contributed by atoms with van der Waals surface area (Å²) in [4.78, 5) is 15.4. The van der Waals surface area contributed by atoms with Gasteiger partial charge in [-0.05, 0) is 40.2 Å². The molecule has 0 spiro atoms. The summed E-state index contributed by atoms with van der Waals surface area (Å²) in [6.07, 6.45) is 2.62. The molecular weight excluding hydrogens is 300 g/mol.